The summed E-state index contributed by atoms with van der Waals surface area (Å²) in [6.45, 7) is 0. The largest absolute Gasteiger partial charge is 0.308 e. The molecule has 9 aromatic carbocycles. The van der Waals surface area contributed by atoms with E-state index in [2.05, 4.69) is 228 Å². The average molecular weight is 792 g/mol. The molecule has 0 aliphatic heterocycles. The lowest BCUT2D eigenvalue weighted by molar-refractivity contribution is 0.952. The maximum absolute atomic E-state index is 5.43. The zero-order chi connectivity index (χ0) is 41.0. The van der Waals surface area contributed by atoms with Gasteiger partial charge in [-0.05, 0) is 69.8 Å². The molecule has 0 aliphatic rings. The molecule has 0 unspecified atom stereocenters. The summed E-state index contributed by atoms with van der Waals surface area (Å²) in [6.07, 6.45) is 0. The molecule has 0 aliphatic carbocycles. The first-order chi connectivity index (χ1) is 30.8. The number of benzene rings is 9. The summed E-state index contributed by atoms with van der Waals surface area (Å²) in [5.74, 6) is 1.75. The molecule has 0 bridgehead atoms. The van der Waals surface area contributed by atoms with Gasteiger partial charge in [-0.1, -0.05) is 188 Å². The highest BCUT2D eigenvalue weighted by Gasteiger charge is 2.22. The van der Waals surface area contributed by atoms with E-state index in [0.717, 1.165) is 71.9 Å². The van der Waals surface area contributed by atoms with Gasteiger partial charge in [-0.25, -0.2) is 4.98 Å². The SMILES string of the molecule is c1ccc(-c2ccc(-c3ccc4c5ccccc5n(-c5ccccc5-c5nc(-c6ccccc6-c6ccccc6)nc(-n6c7ccccc7c7ccccc76)n5)c4c3)cc2)cc1. The fraction of sp³-hybridized carbons (Fsp3) is 0. The van der Waals surface area contributed by atoms with Crippen LogP contribution in [0.4, 0.5) is 0 Å². The predicted molar refractivity (Wildman–Crippen MR) is 256 cm³/mol. The van der Waals surface area contributed by atoms with Crippen molar-refractivity contribution in [1.82, 2.24) is 24.1 Å². The number of hydrogen-bond acceptors (Lipinski definition) is 3. The second-order valence-corrected chi connectivity index (χ2v) is 15.6. The van der Waals surface area contributed by atoms with Crippen LogP contribution in [0.25, 0.3) is 111 Å². The van der Waals surface area contributed by atoms with Gasteiger partial charge >= 0.3 is 0 Å². The predicted octanol–water partition coefficient (Wildman–Crippen LogP) is 14.4. The maximum atomic E-state index is 5.43. The highest BCUT2D eigenvalue weighted by molar-refractivity contribution is 6.11. The van der Waals surface area contributed by atoms with E-state index < -0.39 is 0 Å². The van der Waals surface area contributed by atoms with Crippen molar-refractivity contribution in [3.8, 4) is 67.8 Å². The molecule has 0 amide bonds. The minimum atomic E-state index is 0.559. The van der Waals surface area contributed by atoms with Crippen molar-refractivity contribution < 1.29 is 0 Å². The Kier molecular flexibility index (Phi) is 8.42. The monoisotopic (exact) mass is 791 g/mol. The van der Waals surface area contributed by atoms with Crippen LogP contribution >= 0.6 is 0 Å². The number of fused-ring (bicyclic) bond motifs is 6. The van der Waals surface area contributed by atoms with Crippen LogP contribution in [-0.4, -0.2) is 24.1 Å². The van der Waals surface area contributed by atoms with Crippen molar-refractivity contribution in [2.24, 2.45) is 0 Å². The molecule has 12 rings (SSSR count). The first kappa shape index (κ1) is 35.5. The normalized spacial score (nSPS) is 11.5. The molecule has 0 saturated heterocycles. The number of aromatic nitrogens is 5. The van der Waals surface area contributed by atoms with Gasteiger partial charge in [0.05, 0.1) is 27.8 Å². The molecule has 5 nitrogen and oxygen atoms in total. The van der Waals surface area contributed by atoms with Crippen molar-refractivity contribution in [2.75, 3.05) is 0 Å². The first-order valence-corrected chi connectivity index (χ1v) is 21.0. The van der Waals surface area contributed by atoms with Crippen LogP contribution in [0.3, 0.4) is 0 Å². The van der Waals surface area contributed by atoms with E-state index in [0.29, 0.717) is 17.6 Å². The quantitative estimate of drug-likeness (QED) is 0.162. The van der Waals surface area contributed by atoms with Crippen LogP contribution in [-0.2, 0) is 0 Å². The summed E-state index contributed by atoms with van der Waals surface area (Å²) < 4.78 is 4.56. The van der Waals surface area contributed by atoms with E-state index in [1.807, 2.05) is 6.07 Å². The van der Waals surface area contributed by atoms with Crippen LogP contribution in [0.1, 0.15) is 0 Å². The van der Waals surface area contributed by atoms with E-state index in [-0.39, 0.29) is 0 Å². The van der Waals surface area contributed by atoms with Crippen molar-refractivity contribution >= 4 is 43.6 Å². The Labute approximate surface area is 358 Å². The third kappa shape index (κ3) is 5.90. The molecule has 0 N–H and O–H groups in total. The molecule has 0 fully saturated rings. The lowest BCUT2D eigenvalue weighted by atomic mass is 9.99. The molecule has 0 spiro atoms. The van der Waals surface area contributed by atoms with Crippen LogP contribution in [0, 0.1) is 0 Å². The lowest BCUT2D eigenvalue weighted by Gasteiger charge is -2.16. The maximum Gasteiger partial charge on any atom is 0.238 e. The topological polar surface area (TPSA) is 48.5 Å². The average Bonchev–Trinajstić information content (AvgIpc) is 3.87. The van der Waals surface area contributed by atoms with Gasteiger partial charge < -0.3 is 4.57 Å². The van der Waals surface area contributed by atoms with E-state index in [1.54, 1.807) is 0 Å². The van der Waals surface area contributed by atoms with E-state index in [9.17, 15) is 0 Å². The highest BCUT2D eigenvalue weighted by Crippen LogP contribution is 2.40. The summed E-state index contributed by atoms with van der Waals surface area (Å²) in [7, 11) is 0. The first-order valence-electron chi connectivity index (χ1n) is 21.0. The van der Waals surface area contributed by atoms with Gasteiger partial charge in [0.1, 0.15) is 0 Å². The molecule has 0 atom stereocenters. The number of para-hydroxylation sites is 4. The molecule has 290 valence electrons. The summed E-state index contributed by atoms with van der Waals surface area (Å²) in [6, 6.07) is 79.2. The fourth-order valence-electron chi connectivity index (χ4n) is 9.14. The Morgan fingerprint density at radius 1 is 0.258 bits per heavy atom. The zero-order valence-electron chi connectivity index (χ0n) is 33.6. The number of nitrogens with zero attached hydrogens (tertiary/aromatic N) is 5. The van der Waals surface area contributed by atoms with Gasteiger partial charge in [0.15, 0.2) is 11.6 Å². The minimum absolute atomic E-state index is 0.559. The van der Waals surface area contributed by atoms with Crippen LogP contribution in [0.5, 0.6) is 0 Å². The molecular formula is C57H37N5. The highest BCUT2D eigenvalue weighted by atomic mass is 15.2. The Morgan fingerprint density at radius 2 is 0.677 bits per heavy atom. The Morgan fingerprint density at radius 3 is 1.31 bits per heavy atom. The summed E-state index contributed by atoms with van der Waals surface area (Å²) in [4.78, 5) is 16.2. The van der Waals surface area contributed by atoms with Crippen molar-refractivity contribution in [3.05, 3.63) is 224 Å². The van der Waals surface area contributed by atoms with Gasteiger partial charge in [-0.3, -0.25) is 4.57 Å². The van der Waals surface area contributed by atoms with Crippen LogP contribution < -0.4 is 0 Å². The molecular weight excluding hydrogens is 755 g/mol. The molecule has 12 aromatic rings. The number of rotatable bonds is 7. The summed E-state index contributed by atoms with van der Waals surface area (Å²) >= 11 is 0. The van der Waals surface area contributed by atoms with Gasteiger partial charge in [0, 0.05) is 32.7 Å². The smallest absolute Gasteiger partial charge is 0.238 e. The zero-order valence-corrected chi connectivity index (χ0v) is 33.6. The molecule has 0 saturated carbocycles. The Balaban J connectivity index is 1.10. The molecule has 3 aromatic heterocycles. The van der Waals surface area contributed by atoms with Crippen molar-refractivity contribution in [2.45, 2.75) is 0 Å². The van der Waals surface area contributed by atoms with E-state index in [4.69, 9.17) is 15.0 Å². The molecule has 5 heteroatoms. The third-order valence-corrected chi connectivity index (χ3v) is 12.0. The van der Waals surface area contributed by atoms with Gasteiger partial charge in [0.2, 0.25) is 5.95 Å². The van der Waals surface area contributed by atoms with Crippen LogP contribution in [0.2, 0.25) is 0 Å². The minimum Gasteiger partial charge on any atom is -0.308 e. The molecule has 62 heavy (non-hydrogen) atoms. The summed E-state index contributed by atoms with van der Waals surface area (Å²) in [5, 5.41) is 4.65. The van der Waals surface area contributed by atoms with Crippen LogP contribution in [0.15, 0.2) is 224 Å². The standard InChI is InChI=1S/C57H37N5/c1-3-17-38(18-4-1)39-31-33-40(34-32-39)42-35-36-47-46-24-9-13-27-50(46)61(54(47)37-42)53-30-16-12-26-49(53)56-58-55(48-25-8-7-21-43(48)41-19-5-2-6-20-41)59-57(60-56)62-51-28-14-10-22-44(51)45-23-11-15-29-52(45)62/h1-37H. The van der Waals surface area contributed by atoms with Gasteiger partial charge in [0.25, 0.3) is 0 Å². The van der Waals surface area contributed by atoms with Gasteiger partial charge in [-0.2, -0.15) is 9.97 Å². The lowest BCUT2D eigenvalue weighted by Crippen LogP contribution is -2.08. The van der Waals surface area contributed by atoms with Crippen molar-refractivity contribution in [3.63, 3.8) is 0 Å². The third-order valence-electron chi connectivity index (χ3n) is 12.0. The number of hydrogen-bond donors (Lipinski definition) is 0. The Bertz CT molecular complexity index is 3570. The second kappa shape index (κ2) is 14.7. The second-order valence-electron chi connectivity index (χ2n) is 15.6. The van der Waals surface area contributed by atoms with Crippen molar-refractivity contribution in [1.29, 1.82) is 0 Å². The van der Waals surface area contributed by atoms with Gasteiger partial charge in [-0.15, -0.1) is 0 Å². The Hall–Kier alpha value is -8.41. The summed E-state index contributed by atoms with van der Waals surface area (Å²) in [5.41, 5.74) is 14.0. The fourth-order valence-corrected chi connectivity index (χ4v) is 9.14. The molecule has 3 heterocycles. The molecule has 0 radical (unpaired) electrons. The van der Waals surface area contributed by atoms with E-state index >= 15 is 0 Å². The van der Waals surface area contributed by atoms with E-state index in [1.165, 1.54) is 21.9 Å².